The Kier molecular flexibility index (Phi) is 5.51. The van der Waals surface area contributed by atoms with Crippen LogP contribution in [0.15, 0.2) is 12.1 Å². The van der Waals surface area contributed by atoms with E-state index in [4.69, 9.17) is 18.9 Å². The summed E-state index contributed by atoms with van der Waals surface area (Å²) in [5.74, 6) is -5.65. The van der Waals surface area contributed by atoms with Gasteiger partial charge in [0.15, 0.2) is 17.4 Å². The van der Waals surface area contributed by atoms with Crippen molar-refractivity contribution in [3.63, 3.8) is 0 Å². The molecule has 0 bridgehead atoms. The maximum absolute atomic E-state index is 13.1. The van der Waals surface area contributed by atoms with Crippen LogP contribution >= 0.6 is 0 Å². The van der Waals surface area contributed by atoms with Gasteiger partial charge in [-0.3, -0.25) is 9.59 Å². The first-order valence-corrected chi connectivity index (χ1v) is 9.59. The number of methoxy groups -OCH3 is 2. The average Bonchev–Trinajstić information content (AvgIpc) is 2.87. The first kappa shape index (κ1) is 22.3. The Balaban J connectivity index is 2.31. The normalized spacial score (nSPS) is 17.1. The number of nitrogens with zero attached hydrogens (tertiary/aromatic N) is 2. The second kappa shape index (κ2) is 7.68. The van der Waals surface area contributed by atoms with Gasteiger partial charge in [-0.2, -0.15) is 0 Å². The van der Waals surface area contributed by atoms with Crippen molar-refractivity contribution in [2.24, 2.45) is 13.0 Å². The van der Waals surface area contributed by atoms with Crippen LogP contribution in [-0.2, 0) is 26.1 Å². The lowest BCUT2D eigenvalue weighted by Crippen LogP contribution is -2.50. The molecule has 0 saturated carbocycles. The second-order valence-electron chi connectivity index (χ2n) is 7.85. The molecular formula is C21H26N2O8. The minimum Gasteiger partial charge on any atom is -0.711 e. The number of benzene rings is 1. The lowest BCUT2D eigenvalue weighted by molar-refractivity contribution is -0.621. The minimum absolute atomic E-state index is 0.0531. The van der Waals surface area contributed by atoms with Gasteiger partial charge in [0, 0.05) is 27.7 Å². The first-order chi connectivity index (χ1) is 14.4. The van der Waals surface area contributed by atoms with E-state index in [0.717, 1.165) is 0 Å². The molecule has 0 spiro atoms. The van der Waals surface area contributed by atoms with Gasteiger partial charge in [-0.1, -0.05) is 0 Å². The number of cyclic esters (lactones) is 2. The molecule has 1 unspecified atom stereocenters. The molecule has 1 saturated heterocycles. The molecule has 10 heteroatoms. The van der Waals surface area contributed by atoms with Crippen LogP contribution in [0.1, 0.15) is 42.5 Å². The molecule has 3 rings (SSSR count). The lowest BCUT2D eigenvalue weighted by Gasteiger charge is -2.35. The fraction of sp³-hybridized carbons (Fsp3) is 0.476. The Morgan fingerprint density at radius 3 is 2.00 bits per heavy atom. The van der Waals surface area contributed by atoms with Gasteiger partial charge in [0.1, 0.15) is 17.3 Å². The zero-order chi connectivity index (χ0) is 23.2. The number of carbonyl (C=O) groups excluding carboxylic acids is 2. The predicted molar refractivity (Wildman–Crippen MR) is 107 cm³/mol. The molecule has 0 amide bonds. The van der Waals surface area contributed by atoms with Crippen LogP contribution < -0.4 is 14.2 Å². The second-order valence-corrected chi connectivity index (χ2v) is 7.85. The summed E-state index contributed by atoms with van der Waals surface area (Å²) in [4.78, 5) is 25.9. The van der Waals surface area contributed by atoms with Crippen molar-refractivity contribution in [1.82, 2.24) is 4.57 Å². The van der Waals surface area contributed by atoms with Crippen LogP contribution in [0.3, 0.4) is 0 Å². The summed E-state index contributed by atoms with van der Waals surface area (Å²) in [7, 11) is 4.37. The maximum Gasteiger partial charge on any atom is 0.324 e. The molecule has 1 aromatic carbocycles. The number of esters is 2. The summed E-state index contributed by atoms with van der Waals surface area (Å²) in [6, 6.07) is 2.89. The van der Waals surface area contributed by atoms with Crippen molar-refractivity contribution < 1.29 is 38.4 Å². The van der Waals surface area contributed by atoms with E-state index in [-0.39, 0.29) is 23.1 Å². The predicted octanol–water partition coefficient (Wildman–Crippen LogP) is 1.58. The smallest absolute Gasteiger partial charge is 0.324 e. The molecule has 1 aromatic heterocycles. The highest BCUT2D eigenvalue weighted by Crippen LogP contribution is 2.44. The van der Waals surface area contributed by atoms with Crippen molar-refractivity contribution >= 4 is 11.9 Å². The van der Waals surface area contributed by atoms with Crippen molar-refractivity contribution in [3.8, 4) is 17.2 Å². The third-order valence-corrected chi connectivity index (χ3v) is 5.56. The lowest BCUT2D eigenvalue weighted by atomic mass is 9.84. The Hall–Kier alpha value is -3.43. The molecule has 1 atom stereocenters. The van der Waals surface area contributed by atoms with Crippen LogP contribution in [0.25, 0.3) is 0 Å². The molecule has 1 aliphatic rings. The molecule has 1 aliphatic heterocycles. The Morgan fingerprint density at radius 2 is 1.61 bits per heavy atom. The SMILES string of the molecule is COc1cc(C(c2n(C)c(C)c(C)[n+]2[O-])C2C(=O)OC(C)(C)OC2=O)cc(OC)c1O. The first-order valence-electron chi connectivity index (χ1n) is 9.59. The summed E-state index contributed by atoms with van der Waals surface area (Å²) in [6.45, 7) is 6.29. The third kappa shape index (κ3) is 3.62. The summed E-state index contributed by atoms with van der Waals surface area (Å²) in [6.07, 6.45) is 0. The van der Waals surface area contributed by atoms with Gasteiger partial charge in [-0.15, -0.1) is 0 Å². The molecular weight excluding hydrogens is 408 g/mol. The number of hydrogen-bond acceptors (Lipinski definition) is 8. The van der Waals surface area contributed by atoms with Crippen LogP contribution in [0.5, 0.6) is 17.2 Å². The number of rotatable bonds is 5. The van der Waals surface area contributed by atoms with Crippen LogP contribution in [0, 0.1) is 25.0 Å². The van der Waals surface area contributed by atoms with Gasteiger partial charge in [-0.25, -0.2) is 9.30 Å². The number of aromatic hydroxyl groups is 1. The molecule has 10 nitrogen and oxygen atoms in total. The van der Waals surface area contributed by atoms with Gasteiger partial charge in [0.25, 0.3) is 11.6 Å². The van der Waals surface area contributed by atoms with Crippen molar-refractivity contribution in [2.75, 3.05) is 14.2 Å². The monoisotopic (exact) mass is 434 g/mol. The molecule has 0 aliphatic carbocycles. The van der Waals surface area contributed by atoms with Crippen molar-refractivity contribution in [1.29, 1.82) is 0 Å². The van der Waals surface area contributed by atoms with Gasteiger partial charge < -0.3 is 29.3 Å². The van der Waals surface area contributed by atoms with E-state index < -0.39 is 29.6 Å². The van der Waals surface area contributed by atoms with E-state index in [9.17, 15) is 19.9 Å². The van der Waals surface area contributed by atoms with E-state index in [0.29, 0.717) is 21.7 Å². The molecule has 1 fully saturated rings. The molecule has 168 valence electrons. The molecule has 1 N–H and O–H groups in total. The Bertz CT molecular complexity index is 986. The number of imidazole rings is 1. The maximum atomic E-state index is 13.1. The number of carbonyl (C=O) groups is 2. The largest absolute Gasteiger partial charge is 0.711 e. The highest BCUT2D eigenvalue weighted by atomic mass is 16.7. The van der Waals surface area contributed by atoms with Crippen molar-refractivity contribution in [3.05, 3.63) is 40.1 Å². The highest BCUT2D eigenvalue weighted by Gasteiger charge is 2.52. The summed E-state index contributed by atoms with van der Waals surface area (Å²) in [5.41, 5.74) is 1.40. The number of aromatic nitrogens is 2. The van der Waals surface area contributed by atoms with Gasteiger partial charge in [0.05, 0.1) is 21.3 Å². The zero-order valence-electron chi connectivity index (χ0n) is 18.5. The minimum atomic E-state index is -1.46. The van der Waals surface area contributed by atoms with Crippen molar-refractivity contribution in [2.45, 2.75) is 39.4 Å². The zero-order valence-corrected chi connectivity index (χ0v) is 18.5. The average molecular weight is 434 g/mol. The fourth-order valence-electron chi connectivity index (χ4n) is 3.79. The van der Waals surface area contributed by atoms with Gasteiger partial charge in [-0.05, 0) is 17.7 Å². The molecule has 0 radical (unpaired) electrons. The molecule has 2 heterocycles. The van der Waals surface area contributed by atoms with Gasteiger partial charge >= 0.3 is 11.9 Å². The van der Waals surface area contributed by atoms with E-state index in [1.165, 1.54) is 40.2 Å². The fourth-order valence-corrected chi connectivity index (χ4v) is 3.79. The Labute approximate surface area is 179 Å². The van der Waals surface area contributed by atoms with Crippen LogP contribution in [-0.4, -0.2) is 41.6 Å². The number of phenols is 1. The topological polar surface area (TPSA) is 123 Å². The number of ether oxygens (including phenoxy) is 4. The molecule has 2 aromatic rings. The van der Waals surface area contributed by atoms with E-state index in [1.54, 1.807) is 25.5 Å². The summed E-state index contributed by atoms with van der Waals surface area (Å²) in [5, 5.41) is 23.4. The van der Waals surface area contributed by atoms with E-state index >= 15 is 0 Å². The highest BCUT2D eigenvalue weighted by molar-refractivity contribution is 5.98. The summed E-state index contributed by atoms with van der Waals surface area (Å²) < 4.78 is 23.4. The quantitative estimate of drug-likeness (QED) is 0.326. The van der Waals surface area contributed by atoms with E-state index in [2.05, 4.69) is 0 Å². The van der Waals surface area contributed by atoms with Crippen LogP contribution in [0.4, 0.5) is 0 Å². The standard InChI is InChI=1S/C21H26N2O8/c1-10-11(2)23(27)18(22(10)5)15(16-19(25)30-21(3,4)31-20(16)26)12-8-13(28-6)17(24)14(9-12)29-7/h8-9,15-16,24H,1-7H3. The number of hydrogen-bond donors (Lipinski definition) is 1. The number of phenolic OH excluding ortho intramolecular Hbond substituents is 1. The van der Waals surface area contributed by atoms with Crippen LogP contribution in [0.2, 0.25) is 0 Å². The summed E-state index contributed by atoms with van der Waals surface area (Å²) >= 11 is 0. The Morgan fingerprint density at radius 1 is 1.13 bits per heavy atom. The van der Waals surface area contributed by atoms with E-state index in [1.807, 2.05) is 0 Å². The molecule has 31 heavy (non-hydrogen) atoms. The third-order valence-electron chi connectivity index (χ3n) is 5.56. The van der Waals surface area contributed by atoms with Gasteiger partial charge in [0.2, 0.25) is 5.75 Å².